The van der Waals surface area contributed by atoms with Crippen LogP contribution in [-0.4, -0.2) is 15.0 Å². The van der Waals surface area contributed by atoms with E-state index in [-0.39, 0.29) is 0 Å². The summed E-state index contributed by atoms with van der Waals surface area (Å²) in [5, 5.41) is 6.27. The normalized spacial score (nSPS) is 21.0. The van der Waals surface area contributed by atoms with Crippen molar-refractivity contribution in [3.63, 3.8) is 0 Å². The maximum atomic E-state index is 6.74. The van der Waals surface area contributed by atoms with Crippen LogP contribution >= 0.6 is 0 Å². The van der Waals surface area contributed by atoms with E-state index in [0.717, 1.165) is 106 Å². The number of fused-ring (bicyclic) bond motifs is 9. The second-order valence-electron chi connectivity index (χ2n) is 18.2. The molecule has 4 aliphatic rings. The monoisotopic (exact) mass is 789 g/mol. The van der Waals surface area contributed by atoms with Gasteiger partial charge < -0.3 is 13.3 Å². The summed E-state index contributed by atoms with van der Waals surface area (Å²) in [7, 11) is 0. The molecule has 0 atom stereocenters. The third-order valence-corrected chi connectivity index (χ3v) is 14.5. The minimum absolute atomic E-state index is 0.342. The summed E-state index contributed by atoms with van der Waals surface area (Å²) in [4.78, 5) is 15.8. The van der Waals surface area contributed by atoms with E-state index >= 15 is 0 Å². The molecule has 4 fully saturated rings. The highest BCUT2D eigenvalue weighted by Gasteiger charge is 2.51. The van der Waals surface area contributed by atoms with Gasteiger partial charge in [0.05, 0.1) is 11.1 Å². The lowest BCUT2D eigenvalue weighted by molar-refractivity contribution is -0.00518. The summed E-state index contributed by atoms with van der Waals surface area (Å²) in [5.74, 6) is 4.28. The van der Waals surface area contributed by atoms with Gasteiger partial charge in [-0.05, 0) is 127 Å². The fourth-order valence-electron chi connectivity index (χ4n) is 12.2. The quantitative estimate of drug-likeness (QED) is 0.173. The standard InChI is InChI=1S/C55H39N3O3/c1-4-13-46-38(8-1)41-21-18-35(27-49(41)59-46)52-56-53(43-12-7-11-42-39-9-2-5-14-47(39)60-50(42)43)58-54(57-52)45-26-36(25-44-40-10-3-6-15-48(40)61-51(44)45)34-16-19-37(20-17-34)55-28-31-22-32(29-55)24-33(23-31)30-55/h1-21,25-27,31-33H,22-24,28-30H2. The van der Waals surface area contributed by atoms with E-state index in [9.17, 15) is 0 Å². The molecular formula is C55H39N3O3. The molecule has 4 aliphatic carbocycles. The lowest BCUT2D eigenvalue weighted by Gasteiger charge is -2.57. The Bertz CT molecular complexity index is 3560. The van der Waals surface area contributed by atoms with Crippen LogP contribution in [0.1, 0.15) is 44.1 Å². The Morgan fingerprint density at radius 1 is 0.377 bits per heavy atom. The van der Waals surface area contributed by atoms with Crippen LogP contribution in [0.4, 0.5) is 0 Å². The van der Waals surface area contributed by atoms with E-state index in [4.69, 9.17) is 28.2 Å². The number of aromatic nitrogens is 3. The summed E-state index contributed by atoms with van der Waals surface area (Å²) in [6.07, 6.45) is 8.39. The molecule has 7 aromatic carbocycles. The van der Waals surface area contributed by atoms with Crippen LogP contribution in [0.25, 0.3) is 111 Å². The Balaban J connectivity index is 0.980. The Labute approximate surface area is 350 Å². The topological polar surface area (TPSA) is 78.1 Å². The van der Waals surface area contributed by atoms with Gasteiger partial charge in [-0.25, -0.2) is 15.0 Å². The van der Waals surface area contributed by atoms with Crippen molar-refractivity contribution in [3.8, 4) is 45.3 Å². The lowest BCUT2D eigenvalue weighted by Crippen LogP contribution is -2.48. The number of nitrogens with zero attached hydrogens (tertiary/aromatic N) is 3. The van der Waals surface area contributed by atoms with E-state index in [2.05, 4.69) is 78.9 Å². The fourth-order valence-corrected chi connectivity index (χ4v) is 12.2. The number of rotatable bonds is 5. The van der Waals surface area contributed by atoms with Crippen LogP contribution in [-0.2, 0) is 5.41 Å². The summed E-state index contributed by atoms with van der Waals surface area (Å²) < 4.78 is 19.7. The molecule has 0 aliphatic heterocycles. The predicted octanol–water partition coefficient (Wildman–Crippen LogP) is 14.7. The molecule has 6 nitrogen and oxygen atoms in total. The summed E-state index contributed by atoms with van der Waals surface area (Å²) in [5.41, 5.74) is 11.3. The molecule has 4 saturated carbocycles. The maximum absolute atomic E-state index is 6.74. The van der Waals surface area contributed by atoms with Crippen molar-refractivity contribution >= 4 is 65.8 Å². The molecule has 4 aromatic heterocycles. The number of para-hydroxylation sites is 4. The zero-order valence-corrected chi connectivity index (χ0v) is 33.4. The number of benzene rings is 7. The highest BCUT2D eigenvalue weighted by atomic mass is 16.3. The SMILES string of the molecule is c1ccc2c(c1)oc1cc(-c3nc(-c4cccc5c4oc4ccccc45)nc(-c4cc(-c5ccc(C67CC8CC(CC(C8)C6)C7)cc5)cc5c4oc4ccccc45)n3)ccc12. The summed E-state index contributed by atoms with van der Waals surface area (Å²) >= 11 is 0. The van der Waals surface area contributed by atoms with Gasteiger partial charge in [0.1, 0.15) is 33.5 Å². The van der Waals surface area contributed by atoms with Gasteiger partial charge in [0, 0.05) is 37.9 Å². The molecule has 292 valence electrons. The first kappa shape index (κ1) is 33.7. The second kappa shape index (κ2) is 12.5. The third-order valence-electron chi connectivity index (χ3n) is 14.5. The molecule has 0 N–H and O–H groups in total. The summed E-state index contributed by atoms with van der Waals surface area (Å²) in [6, 6.07) is 51.0. The van der Waals surface area contributed by atoms with Gasteiger partial charge in [0.2, 0.25) is 0 Å². The molecule has 4 bridgehead atoms. The van der Waals surface area contributed by atoms with Crippen molar-refractivity contribution in [2.45, 2.75) is 43.9 Å². The lowest BCUT2D eigenvalue weighted by atomic mass is 9.48. The zero-order valence-electron chi connectivity index (χ0n) is 33.4. The van der Waals surface area contributed by atoms with Crippen molar-refractivity contribution in [3.05, 3.63) is 151 Å². The minimum Gasteiger partial charge on any atom is -0.456 e. The second-order valence-corrected chi connectivity index (χ2v) is 18.2. The van der Waals surface area contributed by atoms with Crippen molar-refractivity contribution in [1.29, 1.82) is 0 Å². The van der Waals surface area contributed by atoms with Crippen LogP contribution < -0.4 is 0 Å². The van der Waals surface area contributed by atoms with E-state index in [1.165, 1.54) is 49.7 Å². The van der Waals surface area contributed by atoms with Gasteiger partial charge in [-0.3, -0.25) is 0 Å². The molecule has 0 spiro atoms. The van der Waals surface area contributed by atoms with E-state index < -0.39 is 0 Å². The van der Waals surface area contributed by atoms with Crippen LogP contribution in [0.2, 0.25) is 0 Å². The van der Waals surface area contributed by atoms with Gasteiger partial charge >= 0.3 is 0 Å². The number of hydrogen-bond acceptors (Lipinski definition) is 6. The van der Waals surface area contributed by atoms with E-state index in [1.54, 1.807) is 0 Å². The first-order chi connectivity index (χ1) is 30.1. The largest absolute Gasteiger partial charge is 0.456 e. The highest BCUT2D eigenvalue weighted by molar-refractivity contribution is 6.12. The van der Waals surface area contributed by atoms with Crippen molar-refractivity contribution in [2.24, 2.45) is 17.8 Å². The average molecular weight is 790 g/mol. The number of furan rings is 3. The molecule has 0 radical (unpaired) electrons. The third kappa shape index (κ3) is 5.11. The van der Waals surface area contributed by atoms with Crippen molar-refractivity contribution in [2.75, 3.05) is 0 Å². The molecule has 15 rings (SSSR count). The molecule has 61 heavy (non-hydrogen) atoms. The van der Waals surface area contributed by atoms with E-state index in [1.807, 2.05) is 66.7 Å². The molecular weight excluding hydrogens is 751 g/mol. The molecule has 4 heterocycles. The van der Waals surface area contributed by atoms with Crippen LogP contribution in [0, 0.1) is 17.8 Å². The maximum Gasteiger partial charge on any atom is 0.167 e. The smallest absolute Gasteiger partial charge is 0.167 e. The Kier molecular flexibility index (Phi) is 6.91. The fraction of sp³-hybridized carbons (Fsp3) is 0.182. The van der Waals surface area contributed by atoms with Crippen LogP contribution in [0.5, 0.6) is 0 Å². The van der Waals surface area contributed by atoms with Gasteiger partial charge in [-0.15, -0.1) is 0 Å². The van der Waals surface area contributed by atoms with Crippen molar-refractivity contribution < 1.29 is 13.3 Å². The molecule has 0 amide bonds. The van der Waals surface area contributed by atoms with Gasteiger partial charge in [-0.1, -0.05) is 97.1 Å². The molecule has 0 saturated heterocycles. The van der Waals surface area contributed by atoms with Gasteiger partial charge in [-0.2, -0.15) is 0 Å². The number of hydrogen-bond donors (Lipinski definition) is 0. The highest BCUT2D eigenvalue weighted by Crippen LogP contribution is 2.61. The Morgan fingerprint density at radius 2 is 0.902 bits per heavy atom. The Morgan fingerprint density at radius 3 is 1.59 bits per heavy atom. The molecule has 6 heteroatoms. The first-order valence-corrected chi connectivity index (χ1v) is 21.7. The minimum atomic E-state index is 0.342. The predicted molar refractivity (Wildman–Crippen MR) is 243 cm³/mol. The summed E-state index contributed by atoms with van der Waals surface area (Å²) in [6.45, 7) is 0. The van der Waals surface area contributed by atoms with Gasteiger partial charge in [0.15, 0.2) is 17.5 Å². The zero-order chi connectivity index (χ0) is 39.8. The Hall–Kier alpha value is -7.05. The van der Waals surface area contributed by atoms with E-state index in [0.29, 0.717) is 22.9 Å². The van der Waals surface area contributed by atoms with Gasteiger partial charge in [0.25, 0.3) is 0 Å². The first-order valence-electron chi connectivity index (χ1n) is 21.7. The van der Waals surface area contributed by atoms with Crippen LogP contribution in [0.15, 0.2) is 159 Å². The molecule has 0 unspecified atom stereocenters. The van der Waals surface area contributed by atoms with Crippen LogP contribution in [0.3, 0.4) is 0 Å². The molecule has 11 aromatic rings. The van der Waals surface area contributed by atoms with Crippen molar-refractivity contribution in [1.82, 2.24) is 15.0 Å². The average Bonchev–Trinajstić information content (AvgIpc) is 3.99.